The maximum Gasteiger partial charge on any atom is 0.150 e. The number of hydrogen-bond donors (Lipinski definition) is 4. The second kappa shape index (κ2) is 12.3. The summed E-state index contributed by atoms with van der Waals surface area (Å²) < 4.78 is 0. The van der Waals surface area contributed by atoms with Gasteiger partial charge in [-0.2, -0.15) is 5.10 Å². The van der Waals surface area contributed by atoms with Gasteiger partial charge in [-0.05, 0) is 26.2 Å². The molecular formula is C12H25N5. The summed E-state index contributed by atoms with van der Waals surface area (Å²) in [4.78, 5) is 0. The van der Waals surface area contributed by atoms with Crippen molar-refractivity contribution >= 4 is 11.5 Å². The third kappa shape index (κ3) is 8.10. The molecule has 17 heavy (non-hydrogen) atoms. The molecule has 0 aromatic heterocycles. The van der Waals surface area contributed by atoms with Crippen molar-refractivity contribution in [1.82, 2.24) is 5.32 Å². The highest BCUT2D eigenvalue weighted by atomic mass is 15.2. The molecule has 0 spiro atoms. The summed E-state index contributed by atoms with van der Waals surface area (Å²) in [5.74, 6) is 5.38. The zero-order valence-electron chi connectivity index (χ0n) is 11.4. The molecule has 6 N–H and O–H groups in total. The van der Waals surface area contributed by atoms with E-state index in [1.165, 1.54) is 0 Å². The van der Waals surface area contributed by atoms with Gasteiger partial charge in [0.1, 0.15) is 5.84 Å². The van der Waals surface area contributed by atoms with Crippen molar-refractivity contribution in [2.45, 2.75) is 13.8 Å². The highest BCUT2D eigenvalue weighted by Gasteiger charge is 1.97. The quantitative estimate of drug-likeness (QED) is 0.270. The molecule has 5 nitrogen and oxygen atoms in total. The average Bonchev–Trinajstić information content (AvgIpc) is 2.41. The second-order valence-corrected chi connectivity index (χ2v) is 2.85. The van der Waals surface area contributed by atoms with E-state index in [1.807, 2.05) is 59.3 Å². The van der Waals surface area contributed by atoms with Gasteiger partial charge in [0.2, 0.25) is 0 Å². The predicted octanol–water partition coefficient (Wildman–Crippen LogP) is 1.17. The van der Waals surface area contributed by atoms with Gasteiger partial charge in [-0.3, -0.25) is 0 Å². The van der Waals surface area contributed by atoms with E-state index in [0.717, 1.165) is 11.3 Å². The van der Waals surface area contributed by atoms with Gasteiger partial charge in [-0.1, -0.05) is 26.0 Å². The molecule has 1 rings (SSSR count). The molecule has 0 heterocycles. The molecule has 0 fully saturated rings. The van der Waals surface area contributed by atoms with Crippen molar-refractivity contribution in [3.8, 4) is 0 Å². The van der Waals surface area contributed by atoms with E-state index >= 15 is 0 Å². The first kappa shape index (κ1) is 17.6. The summed E-state index contributed by atoms with van der Waals surface area (Å²) >= 11 is 0. The molecular weight excluding hydrogens is 214 g/mol. The highest BCUT2D eigenvalue weighted by molar-refractivity contribution is 5.97. The first-order chi connectivity index (χ1) is 8.19. The van der Waals surface area contributed by atoms with Crippen LogP contribution in [0.4, 0.5) is 5.69 Å². The van der Waals surface area contributed by atoms with Crippen LogP contribution in [0.2, 0.25) is 0 Å². The van der Waals surface area contributed by atoms with Crippen LogP contribution in [0.1, 0.15) is 19.4 Å². The Morgan fingerprint density at radius 2 is 1.71 bits per heavy atom. The molecule has 0 amide bonds. The molecule has 0 aliphatic rings. The van der Waals surface area contributed by atoms with Crippen LogP contribution in [0.15, 0.2) is 29.4 Å². The van der Waals surface area contributed by atoms with Gasteiger partial charge in [0.05, 0.1) is 0 Å². The number of hydrogen-bond acceptors (Lipinski definition) is 4. The van der Waals surface area contributed by atoms with Gasteiger partial charge < -0.3 is 22.2 Å². The van der Waals surface area contributed by atoms with Gasteiger partial charge in [0.15, 0.2) is 0 Å². The van der Waals surface area contributed by atoms with Crippen molar-refractivity contribution in [3.63, 3.8) is 0 Å². The van der Waals surface area contributed by atoms with Crippen molar-refractivity contribution in [2.24, 2.45) is 16.7 Å². The normalized spacial score (nSPS) is 9.35. The lowest BCUT2D eigenvalue weighted by molar-refractivity contribution is 1.02. The Morgan fingerprint density at radius 1 is 1.18 bits per heavy atom. The van der Waals surface area contributed by atoms with Gasteiger partial charge in [-0.15, -0.1) is 0 Å². The number of amidine groups is 1. The summed E-state index contributed by atoms with van der Waals surface area (Å²) in [5.41, 5.74) is 7.32. The fraction of sp³-hybridized carbons (Fsp3) is 0.417. The third-order valence-corrected chi connectivity index (χ3v) is 1.59. The Morgan fingerprint density at radius 3 is 2.12 bits per heavy atom. The SMILES string of the molecule is CC.CNC.CNc1cccc(/C(N)=N/N)c1. The first-order valence-corrected chi connectivity index (χ1v) is 5.59. The molecule has 0 saturated carbocycles. The molecule has 0 bridgehead atoms. The first-order valence-electron chi connectivity index (χ1n) is 5.59. The Bertz CT molecular complexity index is 310. The molecule has 98 valence electrons. The number of anilines is 1. The molecule has 0 aliphatic carbocycles. The summed E-state index contributed by atoms with van der Waals surface area (Å²) in [6.07, 6.45) is 0. The predicted molar refractivity (Wildman–Crippen MR) is 77.2 cm³/mol. The van der Waals surface area contributed by atoms with E-state index in [9.17, 15) is 0 Å². The summed E-state index contributed by atoms with van der Waals surface area (Å²) in [6.45, 7) is 4.00. The lowest BCUT2D eigenvalue weighted by Gasteiger charge is -2.02. The number of rotatable bonds is 2. The minimum Gasteiger partial charge on any atom is -0.388 e. The summed E-state index contributed by atoms with van der Waals surface area (Å²) in [6, 6.07) is 7.56. The van der Waals surface area contributed by atoms with Crippen molar-refractivity contribution in [1.29, 1.82) is 0 Å². The van der Waals surface area contributed by atoms with Crippen molar-refractivity contribution < 1.29 is 0 Å². The van der Waals surface area contributed by atoms with Crippen molar-refractivity contribution in [2.75, 3.05) is 26.5 Å². The topological polar surface area (TPSA) is 88.5 Å². The van der Waals surface area contributed by atoms with Crippen LogP contribution in [0, 0.1) is 0 Å². The maximum atomic E-state index is 5.52. The van der Waals surface area contributed by atoms with E-state index in [4.69, 9.17) is 11.6 Å². The van der Waals surface area contributed by atoms with Gasteiger partial charge in [-0.25, -0.2) is 0 Å². The lowest BCUT2D eigenvalue weighted by Crippen LogP contribution is -2.15. The molecule has 0 unspecified atom stereocenters. The third-order valence-electron chi connectivity index (χ3n) is 1.59. The number of nitrogens with zero attached hydrogens (tertiary/aromatic N) is 1. The van der Waals surface area contributed by atoms with Crippen LogP contribution < -0.4 is 22.2 Å². The summed E-state index contributed by atoms with van der Waals surface area (Å²) in [5, 5.41) is 9.15. The van der Waals surface area contributed by atoms with Crippen LogP contribution in [0.5, 0.6) is 0 Å². The molecule has 0 radical (unpaired) electrons. The van der Waals surface area contributed by atoms with Crippen LogP contribution >= 0.6 is 0 Å². The van der Waals surface area contributed by atoms with Crippen LogP contribution in [-0.2, 0) is 0 Å². The second-order valence-electron chi connectivity index (χ2n) is 2.85. The zero-order chi connectivity index (χ0) is 13.7. The van der Waals surface area contributed by atoms with Gasteiger partial charge >= 0.3 is 0 Å². The Balaban J connectivity index is 0. The van der Waals surface area contributed by atoms with Crippen LogP contribution in [0.25, 0.3) is 0 Å². The zero-order valence-corrected chi connectivity index (χ0v) is 11.4. The van der Waals surface area contributed by atoms with Crippen molar-refractivity contribution in [3.05, 3.63) is 29.8 Å². The number of nitrogens with one attached hydrogen (secondary N) is 2. The van der Waals surface area contributed by atoms with E-state index in [1.54, 1.807) is 0 Å². The number of nitrogens with two attached hydrogens (primary N) is 2. The average molecular weight is 239 g/mol. The minimum atomic E-state index is 0.340. The van der Waals surface area contributed by atoms with E-state index in [0.29, 0.717) is 5.84 Å². The molecule has 0 saturated heterocycles. The molecule has 1 aromatic rings. The fourth-order valence-corrected chi connectivity index (χ4v) is 0.909. The van der Waals surface area contributed by atoms with E-state index in [2.05, 4.69) is 15.7 Å². The molecule has 0 atom stereocenters. The molecule has 1 aromatic carbocycles. The van der Waals surface area contributed by atoms with Gasteiger partial charge in [0.25, 0.3) is 0 Å². The standard InChI is InChI=1S/C8H12N4.C2H7N.C2H6/c1-11-7-4-2-3-6(5-7)8(9)12-10;1-3-2;1-2/h2-5,11H,10H2,1H3,(H2,9,12);3H,1-2H3;1-2H3. The molecule has 0 aliphatic heterocycles. The van der Waals surface area contributed by atoms with E-state index in [-0.39, 0.29) is 0 Å². The van der Waals surface area contributed by atoms with Crippen LogP contribution in [-0.4, -0.2) is 27.0 Å². The van der Waals surface area contributed by atoms with Crippen LogP contribution in [0.3, 0.4) is 0 Å². The van der Waals surface area contributed by atoms with E-state index < -0.39 is 0 Å². The minimum absolute atomic E-state index is 0.340. The maximum absolute atomic E-state index is 5.52. The lowest BCUT2D eigenvalue weighted by atomic mass is 10.2. The number of hydrazone groups is 1. The Labute approximate surface area is 104 Å². The monoisotopic (exact) mass is 239 g/mol. The number of benzene rings is 1. The highest BCUT2D eigenvalue weighted by Crippen LogP contribution is 2.08. The van der Waals surface area contributed by atoms with Gasteiger partial charge in [0, 0.05) is 18.3 Å². The molecule has 5 heteroatoms. The smallest absolute Gasteiger partial charge is 0.150 e. The largest absolute Gasteiger partial charge is 0.388 e. The summed E-state index contributed by atoms with van der Waals surface area (Å²) in [7, 11) is 5.59. The Hall–Kier alpha value is -1.75. The fourth-order valence-electron chi connectivity index (χ4n) is 0.909. The Kier molecular flexibility index (Phi) is 12.8.